The van der Waals surface area contributed by atoms with Crippen molar-refractivity contribution >= 4 is 17.3 Å². The molecule has 0 radical (unpaired) electrons. The molecule has 1 saturated carbocycles. The average molecular weight is 944 g/mol. The maximum atomic E-state index is 15.2. The minimum Gasteiger partial charge on any atom is -0.487 e. The van der Waals surface area contributed by atoms with Gasteiger partial charge in [-0.05, 0) is 122 Å². The normalized spacial score (nSPS) is 21.8. The molecule has 3 N–H and O–H groups in total. The van der Waals surface area contributed by atoms with E-state index in [1.165, 1.54) is 12.1 Å². The molecule has 4 aromatic rings. The second-order valence-corrected chi connectivity index (χ2v) is 17.6. The molecule has 1 aliphatic heterocycles. The quantitative estimate of drug-likeness (QED) is 0.0251. The zero-order valence-electron chi connectivity index (χ0n) is 39.0. The van der Waals surface area contributed by atoms with Crippen molar-refractivity contribution in [1.82, 2.24) is 9.88 Å². The number of aromatic nitrogens is 1. The van der Waals surface area contributed by atoms with Crippen molar-refractivity contribution in [2.75, 3.05) is 46.2 Å². The summed E-state index contributed by atoms with van der Waals surface area (Å²) in [5, 5.41) is 55.6. The number of hydrogen-bond acceptors (Lipinski definition) is 14. The number of unbranched alkanes of at least 4 members (excludes halogenated alkanes) is 2. The number of nitro groups is 1. The van der Waals surface area contributed by atoms with Crippen LogP contribution in [0.15, 0.2) is 114 Å². The molecule has 7 rings (SSSR count). The number of benzene rings is 3. The Morgan fingerprint density at radius 3 is 2.46 bits per heavy atom. The summed E-state index contributed by atoms with van der Waals surface area (Å²) in [6.45, 7) is 6.24. The largest absolute Gasteiger partial charge is 0.487 e. The van der Waals surface area contributed by atoms with Crippen molar-refractivity contribution in [3.05, 3.63) is 153 Å². The van der Waals surface area contributed by atoms with Gasteiger partial charge >= 0.3 is 0 Å². The standard InChI is InChI=1S/C53H61N5O11/c1-3-27-67-53-49(57(23-28-65-29-26-61)52(62)39-17-13-37(33-54)14-18-39)32-47(56-68-34-38-15-19-42(20-16-38)58(63)64)45-30-40(10-4-6-24-59)44(12-5-7-25-60)50(51(45)53)46-31-43(21-22-48(46)69-53)66-35-41-11-8-9-36(2)55-41/h3,8-9,11,13-22,30-31,40,44,49-51,59-61H,1,4-7,10,12,23-29,32,34-35H2,2H3. The number of carbonyl (C=O) groups is 1. The van der Waals surface area contributed by atoms with Crippen LogP contribution in [0.2, 0.25) is 0 Å². The van der Waals surface area contributed by atoms with Crippen LogP contribution in [0.1, 0.15) is 89.3 Å². The molecule has 2 heterocycles. The van der Waals surface area contributed by atoms with E-state index in [0.717, 1.165) is 48.2 Å². The highest BCUT2D eigenvalue weighted by atomic mass is 16.7. The Morgan fingerprint density at radius 1 is 1.00 bits per heavy atom. The first-order valence-electron chi connectivity index (χ1n) is 23.6. The van der Waals surface area contributed by atoms with Crippen molar-refractivity contribution in [3.8, 4) is 17.6 Å². The van der Waals surface area contributed by atoms with Crippen LogP contribution in [-0.2, 0) is 27.5 Å². The van der Waals surface area contributed by atoms with Gasteiger partial charge in [-0.1, -0.05) is 36.2 Å². The van der Waals surface area contributed by atoms with Gasteiger partial charge in [0.05, 0.1) is 60.3 Å². The number of carbonyl (C=O) groups excluding carboxylic acids is 1. The average Bonchev–Trinajstić information content (AvgIpc) is 3.36. The SMILES string of the molecule is C=CCOC12Oc3ccc(OCc4cccc(C)n4)cc3C3C(CCCCO)C(CCCCO)C=C(C(=NOCc4ccc([N+](=O)[O-])cc4)CC1N(CCOCCO)C(=O)c1ccc(C#N)cc1)C32. The molecule has 16 nitrogen and oxygen atoms in total. The topological polar surface area (TPSA) is 219 Å². The lowest BCUT2D eigenvalue weighted by Gasteiger charge is -2.60. The van der Waals surface area contributed by atoms with Crippen LogP contribution in [-0.4, -0.2) is 99.8 Å². The van der Waals surface area contributed by atoms with E-state index in [9.17, 15) is 30.7 Å². The molecule has 3 aliphatic rings. The van der Waals surface area contributed by atoms with Crippen LogP contribution in [0.25, 0.3) is 0 Å². The van der Waals surface area contributed by atoms with Crippen molar-refractivity contribution in [1.29, 1.82) is 5.26 Å². The number of pyridine rings is 1. The van der Waals surface area contributed by atoms with Crippen molar-refractivity contribution in [2.24, 2.45) is 22.9 Å². The number of aliphatic hydroxyl groups is 3. The van der Waals surface area contributed by atoms with Crippen LogP contribution < -0.4 is 9.47 Å². The Kier molecular flexibility index (Phi) is 17.7. The summed E-state index contributed by atoms with van der Waals surface area (Å²) in [7, 11) is 0. The first kappa shape index (κ1) is 50.4. The molecule has 6 unspecified atom stereocenters. The molecule has 6 atom stereocenters. The summed E-state index contributed by atoms with van der Waals surface area (Å²) >= 11 is 0. The van der Waals surface area contributed by atoms with E-state index < -0.39 is 22.7 Å². The fourth-order valence-corrected chi connectivity index (χ4v) is 10.1. The molecule has 1 fully saturated rings. The molecule has 69 heavy (non-hydrogen) atoms. The predicted octanol–water partition coefficient (Wildman–Crippen LogP) is 7.73. The Balaban J connectivity index is 1.43. The Morgan fingerprint density at radius 2 is 1.77 bits per heavy atom. The van der Waals surface area contributed by atoms with Gasteiger partial charge in [0.2, 0.25) is 5.79 Å². The fourth-order valence-electron chi connectivity index (χ4n) is 10.1. The molecule has 0 bridgehead atoms. The third-order valence-electron chi connectivity index (χ3n) is 13.1. The van der Waals surface area contributed by atoms with Gasteiger partial charge in [-0.15, -0.1) is 6.58 Å². The molecule has 1 aromatic heterocycles. The highest BCUT2D eigenvalue weighted by Gasteiger charge is 2.65. The highest BCUT2D eigenvalue weighted by molar-refractivity contribution is 6.03. The first-order valence-corrected chi connectivity index (χ1v) is 23.6. The third kappa shape index (κ3) is 11.9. The monoisotopic (exact) mass is 943 g/mol. The Bertz CT molecular complexity index is 2490. The molecule has 1 amide bonds. The molecule has 16 heteroatoms. The summed E-state index contributed by atoms with van der Waals surface area (Å²) in [6.07, 6.45) is 8.13. The Hall–Kier alpha value is -6.48. The summed E-state index contributed by atoms with van der Waals surface area (Å²) in [5.74, 6) is -1.85. The summed E-state index contributed by atoms with van der Waals surface area (Å²) in [4.78, 5) is 38.6. The van der Waals surface area contributed by atoms with E-state index in [-0.39, 0.29) is 95.2 Å². The minimum absolute atomic E-state index is 0.00588. The van der Waals surface area contributed by atoms with Gasteiger partial charge in [0.1, 0.15) is 30.8 Å². The maximum absolute atomic E-state index is 15.2. The lowest BCUT2D eigenvalue weighted by molar-refractivity contribution is -0.384. The fraction of sp³-hybridized carbons (Fsp3) is 0.434. The number of oxime groups is 1. The van der Waals surface area contributed by atoms with Gasteiger partial charge in [-0.3, -0.25) is 19.9 Å². The molecule has 2 aliphatic carbocycles. The van der Waals surface area contributed by atoms with Gasteiger partial charge in [-0.2, -0.15) is 5.26 Å². The van der Waals surface area contributed by atoms with Gasteiger partial charge < -0.3 is 44.0 Å². The number of aryl methyl sites for hydroxylation is 1. The van der Waals surface area contributed by atoms with Crippen LogP contribution in [0.4, 0.5) is 5.69 Å². The number of amides is 1. The highest BCUT2D eigenvalue weighted by Crippen LogP contribution is 2.62. The molecule has 3 aromatic carbocycles. The second kappa shape index (κ2) is 24.2. The first-order chi connectivity index (χ1) is 33.6. The lowest BCUT2D eigenvalue weighted by atomic mass is 9.55. The number of ether oxygens (including phenoxy) is 4. The zero-order chi connectivity index (χ0) is 48.8. The van der Waals surface area contributed by atoms with E-state index in [1.54, 1.807) is 47.4 Å². The second-order valence-electron chi connectivity index (χ2n) is 17.6. The summed E-state index contributed by atoms with van der Waals surface area (Å²) < 4.78 is 26.8. The van der Waals surface area contributed by atoms with Crippen LogP contribution in [0, 0.1) is 46.1 Å². The minimum atomic E-state index is -1.58. The van der Waals surface area contributed by atoms with Crippen LogP contribution >= 0.6 is 0 Å². The molecular weight excluding hydrogens is 883 g/mol. The number of non-ortho nitro benzene ring substituents is 1. The van der Waals surface area contributed by atoms with E-state index in [0.29, 0.717) is 46.7 Å². The smallest absolute Gasteiger partial charge is 0.269 e. The summed E-state index contributed by atoms with van der Waals surface area (Å²) in [6, 6.07) is 25.2. The van der Waals surface area contributed by atoms with Crippen molar-refractivity contribution < 1.29 is 48.8 Å². The van der Waals surface area contributed by atoms with Crippen molar-refractivity contribution in [2.45, 2.75) is 82.8 Å². The zero-order valence-corrected chi connectivity index (χ0v) is 39.0. The Labute approximate surface area is 402 Å². The van der Waals surface area contributed by atoms with Crippen LogP contribution in [0.5, 0.6) is 11.5 Å². The van der Waals surface area contributed by atoms with Crippen molar-refractivity contribution in [3.63, 3.8) is 0 Å². The number of nitro benzene ring substituents is 1. The van der Waals surface area contributed by atoms with Crippen LogP contribution in [0.3, 0.4) is 0 Å². The number of hydrogen-bond donors (Lipinski definition) is 3. The maximum Gasteiger partial charge on any atom is 0.269 e. The molecule has 0 saturated heterocycles. The molecular formula is C53H61N5O11. The molecule has 0 spiro atoms. The van der Waals surface area contributed by atoms with Gasteiger partial charge in [0.15, 0.2) is 0 Å². The van der Waals surface area contributed by atoms with Gasteiger partial charge in [-0.25, -0.2) is 0 Å². The summed E-state index contributed by atoms with van der Waals surface area (Å²) in [5.41, 5.74) is 5.20. The third-order valence-corrected chi connectivity index (χ3v) is 13.1. The molecule has 364 valence electrons. The number of nitriles is 1. The van der Waals surface area contributed by atoms with Gasteiger partial charge in [0, 0.05) is 61.1 Å². The van der Waals surface area contributed by atoms with E-state index in [1.807, 2.05) is 43.3 Å². The number of allylic oxidation sites excluding steroid dienone is 1. The lowest BCUT2D eigenvalue weighted by Crippen LogP contribution is -2.70. The number of nitrogens with zero attached hydrogens (tertiary/aromatic N) is 5. The van der Waals surface area contributed by atoms with E-state index in [4.69, 9.17) is 28.9 Å². The number of aliphatic hydroxyl groups excluding tert-OH is 3. The number of rotatable bonds is 25. The number of fused-ring (bicyclic) bond motifs is 2. The van der Waals surface area contributed by atoms with Gasteiger partial charge in [0.25, 0.3) is 11.6 Å². The predicted molar refractivity (Wildman–Crippen MR) is 256 cm³/mol. The van der Waals surface area contributed by atoms with E-state index in [2.05, 4.69) is 23.7 Å². The van der Waals surface area contributed by atoms with E-state index >= 15 is 4.79 Å².